The third kappa shape index (κ3) is 5.35. The first-order valence-corrected chi connectivity index (χ1v) is 16.3. The van der Waals surface area contributed by atoms with Gasteiger partial charge in [0, 0.05) is 27.8 Å². The summed E-state index contributed by atoms with van der Waals surface area (Å²) in [5.74, 6) is 1.32. The Morgan fingerprint density at radius 1 is 1.13 bits per heavy atom. The van der Waals surface area contributed by atoms with E-state index in [-0.39, 0.29) is 17.2 Å². The van der Waals surface area contributed by atoms with E-state index in [1.165, 1.54) is 23.4 Å². The fourth-order valence-corrected chi connectivity index (χ4v) is 9.21. The van der Waals surface area contributed by atoms with Crippen molar-refractivity contribution in [2.24, 2.45) is 0 Å². The minimum Gasteiger partial charge on any atom is -0.497 e. The molecule has 1 amide bonds. The standard InChI is InChI=1S/C27H25N3O3S5/c1-15-5-8-18(9-6-15)35-13-16-11-21(31)29-26(28-16)36-14-22(32)30-20-10-7-17(33-4)12-19(20)23-24(27(30,2)3)37-38-25(23)34/h5-12H,13-14H2,1-4H3,(H,28,29,31). The molecule has 0 fully saturated rings. The minimum atomic E-state index is -0.583. The number of hydrogen-bond donors (Lipinski definition) is 1. The largest absolute Gasteiger partial charge is 0.497 e. The number of benzene rings is 2. The third-order valence-electron chi connectivity index (χ3n) is 6.22. The summed E-state index contributed by atoms with van der Waals surface area (Å²) in [5.41, 5.74) is 3.78. The quantitative estimate of drug-likeness (QED) is 0.104. The van der Waals surface area contributed by atoms with Gasteiger partial charge in [-0.25, -0.2) is 4.98 Å². The van der Waals surface area contributed by atoms with E-state index < -0.39 is 5.54 Å². The van der Waals surface area contributed by atoms with Crippen LogP contribution in [-0.2, 0) is 16.1 Å². The summed E-state index contributed by atoms with van der Waals surface area (Å²) in [6.45, 7) is 6.14. The number of aryl methyl sites for hydroxylation is 1. The number of amides is 1. The van der Waals surface area contributed by atoms with Gasteiger partial charge in [0.15, 0.2) is 5.16 Å². The highest BCUT2D eigenvalue weighted by Crippen LogP contribution is 2.53. The monoisotopic (exact) mass is 599 g/mol. The Balaban J connectivity index is 1.37. The van der Waals surface area contributed by atoms with Crippen molar-refractivity contribution in [1.82, 2.24) is 9.97 Å². The summed E-state index contributed by atoms with van der Waals surface area (Å²) in [5, 5.41) is 0.432. The van der Waals surface area contributed by atoms with Crippen LogP contribution in [0.1, 0.15) is 30.0 Å². The van der Waals surface area contributed by atoms with E-state index in [0.29, 0.717) is 22.4 Å². The Morgan fingerprint density at radius 2 is 1.89 bits per heavy atom. The minimum absolute atomic E-state index is 0.0801. The zero-order valence-corrected chi connectivity index (χ0v) is 25.3. The van der Waals surface area contributed by atoms with Crippen LogP contribution in [-0.4, -0.2) is 28.7 Å². The van der Waals surface area contributed by atoms with Gasteiger partial charge in [0.25, 0.3) is 5.56 Å². The Kier molecular flexibility index (Phi) is 7.84. The van der Waals surface area contributed by atoms with Gasteiger partial charge in [0.05, 0.1) is 34.7 Å². The summed E-state index contributed by atoms with van der Waals surface area (Å²) >= 11 is 8.53. The maximum absolute atomic E-state index is 13.8. The van der Waals surface area contributed by atoms with Crippen molar-refractivity contribution < 1.29 is 9.53 Å². The molecule has 2 aromatic heterocycles. The number of carbonyl (C=O) groups excluding carboxylic acids is 1. The maximum atomic E-state index is 13.8. The molecule has 0 atom stereocenters. The summed E-state index contributed by atoms with van der Waals surface area (Å²) in [4.78, 5) is 37.5. The Labute approximate surface area is 241 Å². The predicted molar refractivity (Wildman–Crippen MR) is 162 cm³/mol. The summed E-state index contributed by atoms with van der Waals surface area (Å²) in [6, 6.07) is 15.5. The van der Waals surface area contributed by atoms with E-state index in [2.05, 4.69) is 34.2 Å². The molecule has 4 aromatic rings. The normalized spacial score (nSPS) is 13.6. The molecule has 0 saturated heterocycles. The van der Waals surface area contributed by atoms with Crippen LogP contribution in [0.3, 0.4) is 0 Å². The number of hydrogen-bond acceptors (Lipinski definition) is 9. The molecule has 1 N–H and O–H groups in total. The molecule has 3 heterocycles. The number of nitrogens with one attached hydrogen (secondary N) is 1. The lowest BCUT2D eigenvalue weighted by Gasteiger charge is -2.43. The van der Waals surface area contributed by atoms with E-state index in [1.807, 2.05) is 43.9 Å². The molecule has 38 heavy (non-hydrogen) atoms. The van der Waals surface area contributed by atoms with Crippen molar-refractivity contribution in [2.75, 3.05) is 17.8 Å². The second kappa shape index (κ2) is 11.0. The van der Waals surface area contributed by atoms with Crippen molar-refractivity contribution in [3.8, 4) is 16.9 Å². The fraction of sp³-hybridized carbons (Fsp3) is 0.259. The number of rotatable bonds is 7. The topological polar surface area (TPSA) is 75.3 Å². The van der Waals surface area contributed by atoms with E-state index >= 15 is 0 Å². The number of H-pyrrole nitrogens is 1. The van der Waals surface area contributed by atoms with Gasteiger partial charge < -0.3 is 14.6 Å². The molecule has 0 spiro atoms. The lowest BCUT2D eigenvalue weighted by Crippen LogP contribution is -2.48. The molecule has 5 rings (SSSR count). The number of carbonyl (C=O) groups is 1. The van der Waals surface area contributed by atoms with Crippen LogP contribution in [0.15, 0.2) is 63.4 Å². The van der Waals surface area contributed by atoms with Gasteiger partial charge in [-0.05, 0) is 51.1 Å². The second-order valence-electron chi connectivity index (χ2n) is 9.26. The lowest BCUT2D eigenvalue weighted by molar-refractivity contribution is -0.117. The molecule has 1 aliphatic rings. The number of fused-ring (bicyclic) bond motifs is 3. The molecular formula is C27H25N3O3S5. The van der Waals surface area contributed by atoms with Gasteiger partial charge in [0.2, 0.25) is 5.91 Å². The number of anilines is 1. The highest BCUT2D eigenvalue weighted by atomic mass is 32.9. The number of aromatic amines is 1. The SMILES string of the molecule is COc1ccc2c(c1)-c1c(ssc1=S)C(C)(C)N2C(=O)CSc1nc(CSc2ccc(C)cc2)cc(=O)[nH]1. The van der Waals surface area contributed by atoms with Crippen LogP contribution in [0.4, 0.5) is 5.69 Å². The number of nitrogens with zero attached hydrogens (tertiary/aromatic N) is 2. The first kappa shape index (κ1) is 27.1. The molecule has 1 aliphatic heterocycles. The zero-order valence-electron chi connectivity index (χ0n) is 21.2. The maximum Gasteiger partial charge on any atom is 0.251 e. The zero-order chi connectivity index (χ0) is 27.0. The average Bonchev–Trinajstić information content (AvgIpc) is 3.29. The molecule has 196 valence electrons. The summed E-state index contributed by atoms with van der Waals surface area (Å²) < 4.78 is 6.28. The molecular weight excluding hydrogens is 575 g/mol. The van der Waals surface area contributed by atoms with E-state index in [1.54, 1.807) is 39.6 Å². The van der Waals surface area contributed by atoms with E-state index in [0.717, 1.165) is 30.4 Å². The van der Waals surface area contributed by atoms with Gasteiger partial charge in [-0.2, -0.15) is 0 Å². The molecule has 11 heteroatoms. The van der Waals surface area contributed by atoms with Crippen molar-refractivity contribution in [3.05, 3.63) is 78.8 Å². The number of aromatic nitrogens is 2. The van der Waals surface area contributed by atoms with Crippen molar-refractivity contribution >= 4 is 68.0 Å². The summed E-state index contributed by atoms with van der Waals surface area (Å²) in [7, 11) is 4.79. The van der Waals surface area contributed by atoms with Gasteiger partial charge in [0.1, 0.15) is 9.57 Å². The van der Waals surface area contributed by atoms with Crippen LogP contribution in [0, 0.1) is 10.7 Å². The first-order valence-electron chi connectivity index (χ1n) is 11.7. The van der Waals surface area contributed by atoms with Crippen molar-refractivity contribution in [2.45, 2.75) is 42.1 Å². The van der Waals surface area contributed by atoms with E-state index in [9.17, 15) is 9.59 Å². The van der Waals surface area contributed by atoms with E-state index in [4.69, 9.17) is 17.0 Å². The van der Waals surface area contributed by atoms with Crippen molar-refractivity contribution in [1.29, 1.82) is 0 Å². The van der Waals surface area contributed by atoms with Crippen LogP contribution < -0.4 is 15.2 Å². The highest BCUT2D eigenvalue weighted by molar-refractivity contribution is 7.99. The van der Waals surface area contributed by atoms with Crippen LogP contribution in [0.25, 0.3) is 11.1 Å². The Morgan fingerprint density at radius 3 is 2.63 bits per heavy atom. The number of thioether (sulfide) groups is 2. The van der Waals surface area contributed by atoms with Gasteiger partial charge >= 0.3 is 0 Å². The van der Waals surface area contributed by atoms with Gasteiger partial charge in [-0.1, -0.05) is 62.4 Å². The van der Waals surface area contributed by atoms with Gasteiger partial charge in [-0.3, -0.25) is 9.59 Å². The third-order valence-corrected chi connectivity index (χ3v) is 11.5. The Hall–Kier alpha value is -2.44. The number of ether oxygens (including phenoxy) is 1. The average molecular weight is 600 g/mol. The molecule has 0 aliphatic carbocycles. The lowest BCUT2D eigenvalue weighted by atomic mass is 9.87. The smallest absolute Gasteiger partial charge is 0.251 e. The molecule has 0 saturated carbocycles. The van der Waals surface area contributed by atoms with Crippen LogP contribution in [0.5, 0.6) is 5.75 Å². The molecule has 0 bridgehead atoms. The molecule has 0 unspecified atom stereocenters. The highest BCUT2D eigenvalue weighted by Gasteiger charge is 2.43. The van der Waals surface area contributed by atoms with Crippen LogP contribution in [0.2, 0.25) is 0 Å². The van der Waals surface area contributed by atoms with Gasteiger partial charge in [-0.15, -0.1) is 11.8 Å². The Bertz CT molecular complexity index is 1620. The number of methoxy groups -OCH3 is 1. The molecule has 6 nitrogen and oxygen atoms in total. The fourth-order valence-electron chi connectivity index (χ4n) is 4.39. The summed E-state index contributed by atoms with van der Waals surface area (Å²) in [6.07, 6.45) is 0. The second-order valence-corrected chi connectivity index (χ2v) is 14.1. The molecule has 2 aromatic carbocycles. The molecule has 0 radical (unpaired) electrons. The van der Waals surface area contributed by atoms with Crippen molar-refractivity contribution in [3.63, 3.8) is 0 Å². The van der Waals surface area contributed by atoms with Crippen LogP contribution >= 0.6 is 56.4 Å². The predicted octanol–water partition coefficient (Wildman–Crippen LogP) is 7.27. The first-order chi connectivity index (χ1) is 18.2.